The average Bonchev–Trinajstić information content (AvgIpc) is 2.70. The number of hydrogen-bond donors (Lipinski definition) is 1. The molecular weight excluding hydrogens is 268 g/mol. The summed E-state index contributed by atoms with van der Waals surface area (Å²) in [5.74, 6) is 1.16. The molecule has 0 fully saturated rings. The summed E-state index contributed by atoms with van der Waals surface area (Å²) in [6.45, 7) is 4.94. The van der Waals surface area contributed by atoms with E-state index in [1.165, 1.54) is 0 Å². The van der Waals surface area contributed by atoms with Crippen LogP contribution in [0.3, 0.4) is 0 Å². The van der Waals surface area contributed by atoms with Gasteiger partial charge in [-0.3, -0.25) is 0 Å². The number of benzene rings is 1. The average molecular weight is 283 g/mol. The molecule has 0 saturated heterocycles. The minimum atomic E-state index is 0.244. The smallest absolute Gasteiger partial charge is 0.218 e. The van der Waals surface area contributed by atoms with Gasteiger partial charge < -0.3 is 10.5 Å². The molecule has 0 amide bonds. The van der Waals surface area contributed by atoms with Crippen molar-refractivity contribution in [1.82, 2.24) is 0 Å². The lowest BCUT2D eigenvalue weighted by Gasteiger charge is -2.06. The number of nitrogens with zero attached hydrogens (tertiary/aromatic N) is 1. The fraction of sp³-hybridized carbons (Fsp3) is 0.417. The largest absolute Gasteiger partial charge is 0.475 e. The highest BCUT2D eigenvalue weighted by molar-refractivity contribution is 9.10. The van der Waals surface area contributed by atoms with Crippen LogP contribution in [0.5, 0.6) is 0 Å². The van der Waals surface area contributed by atoms with Gasteiger partial charge >= 0.3 is 0 Å². The minimum absolute atomic E-state index is 0.244. The number of ether oxygens (including phenoxy) is 1. The van der Waals surface area contributed by atoms with Crippen LogP contribution in [-0.2, 0) is 4.74 Å². The maximum atomic E-state index is 5.91. The second-order valence-corrected chi connectivity index (χ2v) is 5.20. The van der Waals surface area contributed by atoms with Gasteiger partial charge in [-0.05, 0) is 24.1 Å². The van der Waals surface area contributed by atoms with E-state index >= 15 is 0 Å². The van der Waals surface area contributed by atoms with E-state index in [1.54, 1.807) is 0 Å². The van der Waals surface area contributed by atoms with E-state index in [1.807, 2.05) is 18.2 Å². The number of hydrogen-bond acceptors (Lipinski definition) is 3. The first-order valence-corrected chi connectivity index (χ1v) is 6.13. The number of aliphatic imine (C=N–C) groups is 1. The van der Waals surface area contributed by atoms with Gasteiger partial charge in [0.15, 0.2) is 0 Å². The molecule has 1 aliphatic rings. The van der Waals surface area contributed by atoms with Crippen molar-refractivity contribution in [3.63, 3.8) is 0 Å². The van der Waals surface area contributed by atoms with Gasteiger partial charge in [-0.1, -0.05) is 29.8 Å². The Labute approximate surface area is 104 Å². The molecule has 2 N–H and O–H groups in total. The summed E-state index contributed by atoms with van der Waals surface area (Å²) in [5.41, 5.74) is 7.48. The molecule has 0 bridgehead atoms. The molecule has 0 radical (unpaired) electrons. The Morgan fingerprint density at radius 2 is 2.25 bits per heavy atom. The maximum absolute atomic E-state index is 5.91. The minimum Gasteiger partial charge on any atom is -0.475 e. The first kappa shape index (κ1) is 11.5. The third kappa shape index (κ3) is 2.21. The molecule has 0 saturated carbocycles. The van der Waals surface area contributed by atoms with Crippen molar-refractivity contribution in [3.8, 4) is 0 Å². The van der Waals surface area contributed by atoms with Crippen molar-refractivity contribution in [2.75, 3.05) is 12.3 Å². The zero-order valence-corrected chi connectivity index (χ0v) is 11.0. The lowest BCUT2D eigenvalue weighted by atomic mass is 10.1. The third-order valence-corrected chi connectivity index (χ3v) is 3.18. The van der Waals surface area contributed by atoms with E-state index in [0.717, 1.165) is 10.0 Å². The molecule has 3 nitrogen and oxygen atoms in total. The Hall–Kier alpha value is -1.03. The van der Waals surface area contributed by atoms with Gasteiger partial charge in [0.05, 0.1) is 11.6 Å². The fourth-order valence-corrected chi connectivity index (χ4v) is 1.95. The van der Waals surface area contributed by atoms with Gasteiger partial charge in [-0.25, -0.2) is 4.99 Å². The molecule has 0 unspecified atom stereocenters. The lowest BCUT2D eigenvalue weighted by molar-refractivity contribution is 0.292. The first-order valence-electron chi connectivity index (χ1n) is 5.34. The summed E-state index contributed by atoms with van der Waals surface area (Å²) in [6, 6.07) is 5.95. The van der Waals surface area contributed by atoms with E-state index in [-0.39, 0.29) is 6.04 Å². The highest BCUT2D eigenvalue weighted by Gasteiger charge is 2.23. The summed E-state index contributed by atoms with van der Waals surface area (Å²) in [5, 5.41) is 0. The monoisotopic (exact) mass is 282 g/mol. The predicted molar refractivity (Wildman–Crippen MR) is 69.7 cm³/mol. The van der Waals surface area contributed by atoms with E-state index in [0.29, 0.717) is 24.1 Å². The Morgan fingerprint density at radius 1 is 1.50 bits per heavy atom. The number of rotatable bonds is 2. The van der Waals surface area contributed by atoms with Crippen LogP contribution in [0.2, 0.25) is 0 Å². The van der Waals surface area contributed by atoms with E-state index in [9.17, 15) is 0 Å². The zero-order valence-electron chi connectivity index (χ0n) is 9.40. The van der Waals surface area contributed by atoms with Gasteiger partial charge in [-0.2, -0.15) is 0 Å². The molecule has 1 atom stereocenters. The number of halogens is 1. The second-order valence-electron chi connectivity index (χ2n) is 4.29. The van der Waals surface area contributed by atoms with Crippen molar-refractivity contribution >= 4 is 27.5 Å². The molecule has 2 rings (SSSR count). The summed E-state index contributed by atoms with van der Waals surface area (Å²) < 4.78 is 6.58. The van der Waals surface area contributed by atoms with Crippen molar-refractivity contribution in [2.45, 2.75) is 19.9 Å². The molecule has 1 aromatic rings. The standard InChI is InChI=1S/C12H15BrN2O/c1-7(2)11-6-16-12(15-11)9-5-8(13)3-4-10(9)14/h3-5,7,11H,6,14H2,1-2H3/t11-/m0/s1. The Morgan fingerprint density at radius 3 is 2.88 bits per heavy atom. The van der Waals surface area contributed by atoms with Crippen molar-refractivity contribution < 1.29 is 4.74 Å². The van der Waals surface area contributed by atoms with Crippen LogP contribution in [-0.4, -0.2) is 18.5 Å². The van der Waals surface area contributed by atoms with Gasteiger partial charge in [0.1, 0.15) is 6.61 Å². The number of anilines is 1. The summed E-state index contributed by atoms with van der Waals surface area (Å²) in [4.78, 5) is 4.55. The van der Waals surface area contributed by atoms with Crippen molar-refractivity contribution in [3.05, 3.63) is 28.2 Å². The Balaban J connectivity index is 2.32. The van der Waals surface area contributed by atoms with Crippen LogP contribution >= 0.6 is 15.9 Å². The maximum Gasteiger partial charge on any atom is 0.218 e. The van der Waals surface area contributed by atoms with Gasteiger partial charge in [-0.15, -0.1) is 0 Å². The zero-order chi connectivity index (χ0) is 11.7. The van der Waals surface area contributed by atoms with E-state index < -0.39 is 0 Å². The molecular formula is C12H15BrN2O. The lowest BCUT2D eigenvalue weighted by Crippen LogP contribution is -2.13. The molecule has 1 heterocycles. The molecule has 1 aromatic carbocycles. The fourth-order valence-electron chi connectivity index (χ4n) is 1.59. The van der Waals surface area contributed by atoms with Crippen LogP contribution in [0.1, 0.15) is 19.4 Å². The van der Waals surface area contributed by atoms with Gasteiger partial charge in [0, 0.05) is 10.2 Å². The molecule has 0 aliphatic carbocycles. The Kier molecular flexibility index (Phi) is 3.19. The Bertz CT molecular complexity index is 429. The van der Waals surface area contributed by atoms with Crippen molar-refractivity contribution in [2.24, 2.45) is 10.9 Å². The van der Waals surface area contributed by atoms with Gasteiger partial charge in [0.2, 0.25) is 5.90 Å². The summed E-state index contributed by atoms with van der Waals surface area (Å²) in [7, 11) is 0. The van der Waals surface area contributed by atoms with E-state index in [4.69, 9.17) is 10.5 Å². The van der Waals surface area contributed by atoms with Crippen LogP contribution in [0, 0.1) is 5.92 Å². The van der Waals surface area contributed by atoms with Crippen LogP contribution in [0.4, 0.5) is 5.69 Å². The van der Waals surface area contributed by atoms with E-state index in [2.05, 4.69) is 34.8 Å². The SMILES string of the molecule is CC(C)[C@@H]1COC(c2cc(Br)ccc2N)=N1. The third-order valence-electron chi connectivity index (χ3n) is 2.69. The summed E-state index contributed by atoms with van der Waals surface area (Å²) >= 11 is 3.42. The second kappa shape index (κ2) is 4.45. The van der Waals surface area contributed by atoms with Crippen LogP contribution in [0.25, 0.3) is 0 Å². The molecule has 86 valence electrons. The van der Waals surface area contributed by atoms with Gasteiger partial charge in [0.25, 0.3) is 0 Å². The predicted octanol–water partition coefficient (Wildman–Crippen LogP) is 2.83. The molecule has 1 aliphatic heterocycles. The molecule has 16 heavy (non-hydrogen) atoms. The topological polar surface area (TPSA) is 47.6 Å². The highest BCUT2D eigenvalue weighted by Crippen LogP contribution is 2.24. The molecule has 4 heteroatoms. The normalized spacial score (nSPS) is 19.8. The number of nitrogen functional groups attached to an aromatic ring is 1. The molecule has 0 spiro atoms. The quantitative estimate of drug-likeness (QED) is 0.848. The number of nitrogens with two attached hydrogens (primary N) is 1. The van der Waals surface area contributed by atoms with Crippen molar-refractivity contribution in [1.29, 1.82) is 0 Å². The highest BCUT2D eigenvalue weighted by atomic mass is 79.9. The summed E-state index contributed by atoms with van der Waals surface area (Å²) in [6.07, 6.45) is 0. The van der Waals surface area contributed by atoms with Crippen LogP contribution < -0.4 is 5.73 Å². The molecule has 0 aromatic heterocycles. The van der Waals surface area contributed by atoms with Crippen LogP contribution in [0.15, 0.2) is 27.7 Å². The first-order chi connectivity index (χ1) is 7.58.